The lowest BCUT2D eigenvalue weighted by Gasteiger charge is -2.19. The lowest BCUT2D eigenvalue weighted by atomic mass is 10.1. The third kappa shape index (κ3) is 13.9. The highest BCUT2D eigenvalue weighted by Crippen LogP contribution is 2.40. The van der Waals surface area contributed by atoms with Gasteiger partial charge in [-0.2, -0.15) is 49.2 Å². The molecule has 0 aromatic rings. The first-order chi connectivity index (χ1) is 15.1. The van der Waals surface area contributed by atoms with Gasteiger partial charge in [0.1, 0.15) is 0 Å². The van der Waals surface area contributed by atoms with Crippen molar-refractivity contribution < 1.29 is 53.4 Å². The first-order valence-electron chi connectivity index (χ1n) is 10.6. The summed E-state index contributed by atoms with van der Waals surface area (Å²) in [6, 6.07) is 1.90. The first-order valence-corrected chi connectivity index (χ1v) is 10.6. The summed E-state index contributed by atoms with van der Waals surface area (Å²) >= 11 is 0. The van der Waals surface area contributed by atoms with E-state index in [9.17, 15) is 43.9 Å². The van der Waals surface area contributed by atoms with E-state index in [0.717, 1.165) is 0 Å². The number of halogens is 10. The third-order valence-corrected chi connectivity index (χ3v) is 4.70. The van der Waals surface area contributed by atoms with Gasteiger partial charge >= 0.3 is 24.2 Å². The van der Waals surface area contributed by atoms with Crippen LogP contribution in [0.4, 0.5) is 43.9 Å². The van der Waals surface area contributed by atoms with E-state index in [1.54, 1.807) is 0 Å². The molecule has 33 heavy (non-hydrogen) atoms. The molecule has 0 aromatic carbocycles. The summed E-state index contributed by atoms with van der Waals surface area (Å²) < 4.78 is 134. The molecule has 0 fully saturated rings. The van der Waals surface area contributed by atoms with Crippen LogP contribution in [0.2, 0.25) is 0 Å². The van der Waals surface area contributed by atoms with Crippen LogP contribution < -0.4 is 0 Å². The average molecular weight is 505 g/mol. The molecule has 0 aliphatic carbocycles. The van der Waals surface area contributed by atoms with Gasteiger partial charge in [-0.3, -0.25) is 0 Å². The minimum Gasteiger partial charge on any atom is -0.353 e. The smallest absolute Gasteiger partial charge is 0.353 e. The Balaban J connectivity index is 3.97. The maximum Gasteiger partial charge on any atom is 0.453 e. The Morgan fingerprint density at radius 2 is 0.939 bits per heavy atom. The highest BCUT2D eigenvalue weighted by Gasteiger charge is 2.57. The van der Waals surface area contributed by atoms with Gasteiger partial charge < -0.3 is 9.47 Å². The number of hydrogen-bond donors (Lipinski definition) is 0. The lowest BCUT2D eigenvalue weighted by molar-refractivity contribution is -0.284. The van der Waals surface area contributed by atoms with E-state index in [4.69, 9.17) is 14.7 Å². The molecule has 196 valence electrons. The molecule has 0 aromatic heterocycles. The second-order valence-corrected chi connectivity index (χ2v) is 7.60. The van der Waals surface area contributed by atoms with Crippen molar-refractivity contribution in [1.82, 2.24) is 0 Å². The van der Waals surface area contributed by atoms with Crippen LogP contribution in [-0.4, -0.2) is 43.7 Å². The molecule has 0 aliphatic rings. The number of unbranched alkanes of at least 4 members (excludes halogenated alkanes) is 6. The number of alkyl halides is 10. The van der Waals surface area contributed by atoms with E-state index in [1.807, 2.05) is 6.07 Å². The molecular weight excluding hydrogens is 476 g/mol. The average Bonchev–Trinajstić information content (AvgIpc) is 2.67. The van der Waals surface area contributed by atoms with E-state index in [-0.39, 0.29) is 51.7 Å². The zero-order valence-electron chi connectivity index (χ0n) is 18.0. The normalized spacial score (nSPS) is 13.5. The highest BCUT2D eigenvalue weighted by atomic mass is 19.4. The fourth-order valence-corrected chi connectivity index (χ4v) is 2.72. The zero-order valence-corrected chi connectivity index (χ0v) is 18.0. The van der Waals surface area contributed by atoms with Gasteiger partial charge in [0.25, 0.3) is 0 Å². The Labute approximate surface area is 186 Å². The second-order valence-electron chi connectivity index (χ2n) is 7.60. The Morgan fingerprint density at radius 3 is 1.27 bits per heavy atom. The molecule has 0 amide bonds. The van der Waals surface area contributed by atoms with E-state index in [0.29, 0.717) is 25.7 Å². The van der Waals surface area contributed by atoms with Crippen LogP contribution in [0.1, 0.15) is 77.0 Å². The fourth-order valence-electron chi connectivity index (χ4n) is 2.72. The van der Waals surface area contributed by atoms with E-state index >= 15 is 0 Å². The van der Waals surface area contributed by atoms with Crippen molar-refractivity contribution in [3.63, 3.8) is 0 Å². The topological polar surface area (TPSA) is 42.2 Å². The summed E-state index contributed by atoms with van der Waals surface area (Å²) in [5, 5.41) is 8.65. The Morgan fingerprint density at radius 1 is 0.576 bits per heavy atom. The van der Waals surface area contributed by atoms with Gasteiger partial charge in [-0.15, -0.1) is 0 Å². The Hall–Kier alpha value is -1.29. The fraction of sp³-hybridized carbons (Fsp3) is 0.950. The summed E-state index contributed by atoms with van der Waals surface area (Å²) in [4.78, 5) is 0. The monoisotopic (exact) mass is 505 g/mol. The van der Waals surface area contributed by atoms with Crippen LogP contribution in [0.15, 0.2) is 0 Å². The van der Waals surface area contributed by atoms with Crippen LogP contribution in [0.5, 0.6) is 0 Å². The molecular formula is C20H29F10NO2. The third-order valence-electron chi connectivity index (χ3n) is 4.70. The molecule has 0 bridgehead atoms. The van der Waals surface area contributed by atoms with Crippen LogP contribution in [-0.2, 0) is 9.47 Å². The van der Waals surface area contributed by atoms with Crippen molar-refractivity contribution in [1.29, 1.82) is 5.26 Å². The molecule has 3 nitrogen and oxygen atoms in total. The molecule has 0 unspecified atom stereocenters. The van der Waals surface area contributed by atoms with Crippen LogP contribution in [0, 0.1) is 11.3 Å². The summed E-state index contributed by atoms with van der Waals surface area (Å²) in [5.41, 5.74) is 0. The van der Waals surface area contributed by atoms with Gasteiger partial charge in [-0.05, 0) is 25.7 Å². The number of rotatable bonds is 18. The van der Waals surface area contributed by atoms with Crippen LogP contribution in [0.25, 0.3) is 0 Å². The Kier molecular flexibility index (Phi) is 14.3. The number of hydrogen-bond acceptors (Lipinski definition) is 3. The van der Waals surface area contributed by atoms with Crippen molar-refractivity contribution >= 4 is 0 Å². The molecule has 0 rings (SSSR count). The molecule has 0 N–H and O–H groups in total. The zero-order chi connectivity index (χ0) is 25.6. The molecule has 0 radical (unpaired) electrons. The second kappa shape index (κ2) is 14.9. The molecule has 13 heteroatoms. The van der Waals surface area contributed by atoms with Crippen LogP contribution >= 0.6 is 0 Å². The van der Waals surface area contributed by atoms with E-state index in [1.165, 1.54) is 0 Å². The quantitative estimate of drug-likeness (QED) is 0.108. The molecule has 0 spiro atoms. The maximum absolute atomic E-state index is 12.8. The maximum atomic E-state index is 12.8. The van der Waals surface area contributed by atoms with E-state index < -0.39 is 43.3 Å². The summed E-state index contributed by atoms with van der Waals surface area (Å²) in [5.74, 6) is -9.42. The molecule has 0 heterocycles. The number of nitrogens with zero attached hydrogens (tertiary/aromatic N) is 1. The van der Waals surface area contributed by atoms with Crippen LogP contribution in [0.3, 0.4) is 0 Å². The van der Waals surface area contributed by atoms with Gasteiger partial charge in [0.15, 0.2) is 6.29 Å². The van der Waals surface area contributed by atoms with Crippen molar-refractivity contribution in [2.75, 3.05) is 13.2 Å². The van der Waals surface area contributed by atoms with Gasteiger partial charge in [-0.1, -0.05) is 25.7 Å². The lowest BCUT2D eigenvalue weighted by Crippen LogP contribution is -2.36. The first kappa shape index (κ1) is 31.7. The van der Waals surface area contributed by atoms with E-state index in [2.05, 4.69) is 0 Å². The standard InChI is InChI=1S/C20H29F10NO2/c21-17(22,19(25,26)27)11-5-1-3-7-14-32-16(10-9-13-31)33-15-8-4-2-6-12-18(23,24)20(28,29)30/h16H,1-12,14-15H2. The predicted molar refractivity (Wildman–Crippen MR) is 98.7 cm³/mol. The number of ether oxygens (including phenoxy) is 2. The van der Waals surface area contributed by atoms with Crippen molar-refractivity contribution in [2.45, 2.75) is 108 Å². The van der Waals surface area contributed by atoms with Crippen molar-refractivity contribution in [3.05, 3.63) is 0 Å². The highest BCUT2D eigenvalue weighted by molar-refractivity contribution is 4.76. The largest absolute Gasteiger partial charge is 0.453 e. The van der Waals surface area contributed by atoms with Crippen molar-refractivity contribution in [3.8, 4) is 6.07 Å². The molecule has 0 saturated heterocycles. The SMILES string of the molecule is N#CCCC(OCCCCCCC(F)(F)C(F)(F)F)OCCCCCCC(F)(F)C(F)(F)F. The molecule has 0 saturated carbocycles. The summed E-state index contributed by atoms with van der Waals surface area (Å²) in [7, 11) is 0. The molecule has 0 aliphatic heterocycles. The van der Waals surface area contributed by atoms with Gasteiger partial charge in [0.2, 0.25) is 0 Å². The van der Waals surface area contributed by atoms with Gasteiger partial charge in [0, 0.05) is 38.9 Å². The number of nitriles is 1. The molecule has 0 atom stereocenters. The Bertz CT molecular complexity index is 519. The summed E-state index contributed by atoms with van der Waals surface area (Å²) in [6.07, 6.45) is -12.9. The predicted octanol–water partition coefficient (Wildman–Crippen LogP) is 7.95. The van der Waals surface area contributed by atoms with Gasteiger partial charge in [0.05, 0.1) is 6.07 Å². The van der Waals surface area contributed by atoms with Gasteiger partial charge in [-0.25, -0.2) is 0 Å². The minimum atomic E-state index is -5.56. The minimum absolute atomic E-state index is 0.115. The summed E-state index contributed by atoms with van der Waals surface area (Å²) in [6.45, 7) is 0.274. The van der Waals surface area contributed by atoms with Crippen molar-refractivity contribution in [2.24, 2.45) is 0 Å².